The quantitative estimate of drug-likeness (QED) is 0.304. The molecule has 15 heavy (non-hydrogen) atoms. The van der Waals surface area contributed by atoms with E-state index >= 15 is 0 Å². The Morgan fingerprint density at radius 1 is 0.533 bits per heavy atom. The summed E-state index contributed by atoms with van der Waals surface area (Å²) in [7, 11) is 0. The van der Waals surface area contributed by atoms with E-state index in [2.05, 4.69) is 0 Å². The molecule has 0 unspecified atom stereocenters. The molecule has 0 bridgehead atoms. The number of rotatable bonds is 1. The topological polar surface area (TPSA) is 0 Å². The van der Waals surface area contributed by atoms with Crippen LogP contribution in [0.15, 0.2) is 0 Å². The highest BCUT2D eigenvalue weighted by Crippen LogP contribution is 2.35. The molecule has 0 radical (unpaired) electrons. The van der Waals surface area contributed by atoms with E-state index in [4.69, 9.17) is 0 Å². The summed E-state index contributed by atoms with van der Waals surface area (Å²) in [5, 5.41) is -4.99. The van der Waals surface area contributed by atoms with Crippen LogP contribution in [0.25, 0.3) is 0 Å². The molecule has 0 N–H and O–H groups in total. The summed E-state index contributed by atoms with van der Waals surface area (Å²) >= 11 is 0. The van der Waals surface area contributed by atoms with Crippen molar-refractivity contribution in [3.8, 4) is 0 Å². The molecule has 0 amide bonds. The molecular formula is C6F8N+. The highest BCUT2D eigenvalue weighted by atomic mass is 19.6. The SMILES string of the molecule is Fc1c(F)c(F)c([N+](F)(F)F)c(F)c1F. The lowest BCUT2D eigenvalue weighted by atomic mass is 10.2. The van der Waals surface area contributed by atoms with Gasteiger partial charge in [-0.05, 0) is 0 Å². The zero-order chi connectivity index (χ0) is 12.0. The van der Waals surface area contributed by atoms with Crippen LogP contribution in [0.5, 0.6) is 0 Å². The average molecular weight is 238 g/mol. The molecule has 0 aromatic heterocycles. The molecular weight excluding hydrogens is 238 g/mol. The van der Waals surface area contributed by atoms with Crippen LogP contribution in [-0.4, -0.2) is 0 Å². The fourth-order valence-electron chi connectivity index (χ4n) is 0.816. The molecule has 0 aliphatic heterocycles. The zero-order valence-electron chi connectivity index (χ0n) is 6.47. The first-order chi connectivity index (χ1) is 6.68. The second-order valence-electron chi connectivity index (χ2n) is 2.36. The lowest BCUT2D eigenvalue weighted by molar-refractivity contribution is -0.282. The van der Waals surface area contributed by atoms with E-state index in [0.717, 1.165) is 0 Å². The third-order valence-electron chi connectivity index (χ3n) is 1.44. The van der Waals surface area contributed by atoms with Gasteiger partial charge >= 0.3 is 5.69 Å². The van der Waals surface area contributed by atoms with Crippen molar-refractivity contribution < 1.29 is 35.4 Å². The van der Waals surface area contributed by atoms with Crippen LogP contribution in [0.3, 0.4) is 0 Å². The molecule has 0 saturated carbocycles. The van der Waals surface area contributed by atoms with Gasteiger partial charge in [0.1, 0.15) is 0 Å². The van der Waals surface area contributed by atoms with Gasteiger partial charge in [0.15, 0.2) is 0 Å². The van der Waals surface area contributed by atoms with Crippen molar-refractivity contribution in [3.05, 3.63) is 29.1 Å². The van der Waals surface area contributed by atoms with Gasteiger partial charge in [-0.15, -0.1) is 0 Å². The van der Waals surface area contributed by atoms with Crippen molar-refractivity contribution in [1.29, 1.82) is 0 Å². The van der Waals surface area contributed by atoms with Crippen molar-refractivity contribution in [2.75, 3.05) is 0 Å². The van der Waals surface area contributed by atoms with Crippen LogP contribution >= 0.6 is 0 Å². The van der Waals surface area contributed by atoms with E-state index in [-0.39, 0.29) is 0 Å². The molecule has 1 rings (SSSR count). The minimum Gasteiger partial charge on any atom is -0.200 e. The van der Waals surface area contributed by atoms with Crippen LogP contribution in [0, 0.1) is 29.1 Å². The summed E-state index contributed by atoms with van der Waals surface area (Å²) in [5.41, 5.74) is -2.86. The number of benzene rings is 1. The Labute approximate surface area is 76.5 Å². The number of hydrogen-bond donors (Lipinski definition) is 0. The van der Waals surface area contributed by atoms with Gasteiger partial charge in [-0.25, -0.2) is 13.2 Å². The van der Waals surface area contributed by atoms with E-state index in [0.29, 0.717) is 0 Å². The highest BCUT2D eigenvalue weighted by molar-refractivity contribution is 5.42. The summed E-state index contributed by atoms with van der Waals surface area (Å²) in [6, 6.07) is 0. The van der Waals surface area contributed by atoms with Gasteiger partial charge in [-0.2, -0.15) is 8.78 Å². The second-order valence-corrected chi connectivity index (χ2v) is 2.36. The van der Waals surface area contributed by atoms with Gasteiger partial charge in [-0.3, -0.25) is 0 Å². The first-order valence-corrected chi connectivity index (χ1v) is 3.18. The Morgan fingerprint density at radius 3 is 1.07 bits per heavy atom. The minimum atomic E-state index is -4.99. The van der Waals surface area contributed by atoms with Gasteiger partial charge < -0.3 is 0 Å². The second kappa shape index (κ2) is 3.33. The molecule has 0 heterocycles. The molecule has 1 nitrogen and oxygen atoms in total. The Bertz CT molecular complexity index is 380. The normalized spacial score (nSPS) is 12.0. The van der Waals surface area contributed by atoms with E-state index < -0.39 is 39.9 Å². The van der Waals surface area contributed by atoms with Gasteiger partial charge in [-0.1, -0.05) is 0 Å². The molecule has 0 fully saturated rings. The Balaban J connectivity index is 3.68. The van der Waals surface area contributed by atoms with Gasteiger partial charge in [0, 0.05) is 0 Å². The smallest absolute Gasteiger partial charge is 0.200 e. The van der Waals surface area contributed by atoms with Crippen LogP contribution in [-0.2, 0) is 0 Å². The first-order valence-electron chi connectivity index (χ1n) is 3.18. The molecule has 1 aromatic rings. The molecule has 0 atom stereocenters. The van der Waals surface area contributed by atoms with Crippen LogP contribution in [0.4, 0.5) is 41.1 Å². The van der Waals surface area contributed by atoms with E-state index in [1.165, 1.54) is 0 Å². The van der Waals surface area contributed by atoms with Crippen molar-refractivity contribution >= 4 is 5.69 Å². The van der Waals surface area contributed by atoms with Crippen molar-refractivity contribution in [3.63, 3.8) is 0 Å². The van der Waals surface area contributed by atoms with E-state index in [9.17, 15) is 35.4 Å². The molecule has 0 saturated heterocycles. The van der Waals surface area contributed by atoms with E-state index in [1.54, 1.807) is 0 Å². The zero-order valence-corrected chi connectivity index (χ0v) is 6.47. The predicted octanol–water partition coefficient (Wildman–Crippen LogP) is 3.34. The summed E-state index contributed by atoms with van der Waals surface area (Å²) in [6.45, 7) is 0. The number of quaternary nitrogens is 1. The van der Waals surface area contributed by atoms with Crippen molar-refractivity contribution in [1.82, 2.24) is 5.15 Å². The Morgan fingerprint density at radius 2 is 0.800 bits per heavy atom. The van der Waals surface area contributed by atoms with Crippen LogP contribution in [0.1, 0.15) is 0 Å². The molecule has 9 heteroatoms. The highest BCUT2D eigenvalue weighted by Gasteiger charge is 2.47. The monoisotopic (exact) mass is 238 g/mol. The molecule has 84 valence electrons. The van der Waals surface area contributed by atoms with E-state index in [1.807, 2.05) is 0 Å². The fourth-order valence-corrected chi connectivity index (χ4v) is 0.816. The van der Waals surface area contributed by atoms with Crippen molar-refractivity contribution in [2.45, 2.75) is 0 Å². The lowest BCUT2D eigenvalue weighted by Crippen LogP contribution is -2.23. The number of nitrogens with zero attached hydrogens (tertiary/aromatic N) is 1. The molecule has 0 aliphatic rings. The Kier molecular flexibility index (Phi) is 2.60. The maximum absolute atomic E-state index is 12.4. The third kappa shape index (κ3) is 1.74. The van der Waals surface area contributed by atoms with Crippen LogP contribution in [0.2, 0.25) is 0 Å². The number of hydrogen-bond acceptors (Lipinski definition) is 0. The molecule has 0 spiro atoms. The van der Waals surface area contributed by atoms with Gasteiger partial charge in [0.05, 0.1) is 13.4 Å². The maximum atomic E-state index is 12.4. The minimum absolute atomic E-state index is 2.64. The lowest BCUT2D eigenvalue weighted by Gasteiger charge is -2.04. The first kappa shape index (κ1) is 11.7. The van der Waals surface area contributed by atoms with Gasteiger partial charge in [0.2, 0.25) is 29.1 Å². The molecule has 0 aliphatic carbocycles. The summed E-state index contributed by atoms with van der Waals surface area (Å²) in [5.74, 6) is -13.8. The van der Waals surface area contributed by atoms with Gasteiger partial charge in [0.25, 0.3) is 5.15 Å². The Hall–Kier alpha value is -1.38. The fraction of sp³-hybridized carbons (Fsp3) is 0. The average Bonchev–Trinajstić information content (AvgIpc) is 2.09. The predicted molar refractivity (Wildman–Crippen MR) is 31.4 cm³/mol. The molecule has 1 aromatic carbocycles. The van der Waals surface area contributed by atoms with Crippen LogP contribution < -0.4 is 5.15 Å². The summed E-state index contributed by atoms with van der Waals surface area (Å²) < 4.78 is 97.1. The largest absolute Gasteiger partial charge is 0.336 e. The third-order valence-corrected chi connectivity index (χ3v) is 1.44. The van der Waals surface area contributed by atoms with Crippen molar-refractivity contribution in [2.24, 2.45) is 0 Å². The summed E-state index contributed by atoms with van der Waals surface area (Å²) in [4.78, 5) is 0. The maximum Gasteiger partial charge on any atom is 0.336 e. The standard InChI is InChI=1S/C6F8N/c7-1-2(8)4(10)6(15(12,13)14)5(11)3(1)9/q+1. The summed E-state index contributed by atoms with van der Waals surface area (Å²) in [6.07, 6.45) is 0. The number of halogens is 8.